The predicted octanol–water partition coefficient (Wildman–Crippen LogP) is 1.93. The van der Waals surface area contributed by atoms with Crippen LogP contribution >= 0.6 is 15.9 Å². The number of fused-ring (bicyclic) bond motifs is 1. The third kappa shape index (κ3) is 3.74. The average Bonchev–Trinajstić information content (AvgIpc) is 2.85. The maximum atomic E-state index is 5.33. The molecule has 2 heterocycles. The molecule has 0 radical (unpaired) electrons. The molecule has 0 spiro atoms. The molecule has 0 amide bonds. The highest BCUT2D eigenvalue weighted by atomic mass is 79.9. The molecule has 26 heavy (non-hydrogen) atoms. The number of ether oxygens (including phenoxy) is 1. The first-order valence-corrected chi connectivity index (χ1v) is 9.60. The van der Waals surface area contributed by atoms with Gasteiger partial charge >= 0.3 is 0 Å². The maximum absolute atomic E-state index is 5.33. The van der Waals surface area contributed by atoms with Crippen LogP contribution in [-0.4, -0.2) is 11.7 Å². The summed E-state index contributed by atoms with van der Waals surface area (Å²) in [6, 6.07) is 16.9. The van der Waals surface area contributed by atoms with Gasteiger partial charge in [0, 0.05) is 16.5 Å². The van der Waals surface area contributed by atoms with Gasteiger partial charge in [-0.15, -0.1) is 0 Å². The Morgan fingerprint density at radius 1 is 0.962 bits per heavy atom. The van der Waals surface area contributed by atoms with Crippen molar-refractivity contribution in [2.24, 2.45) is 0 Å². The second-order valence-electron chi connectivity index (χ2n) is 6.47. The van der Waals surface area contributed by atoms with Gasteiger partial charge in [0.2, 0.25) is 0 Å². The van der Waals surface area contributed by atoms with E-state index in [-0.39, 0.29) is 17.0 Å². The number of hydrogen-bond donors (Lipinski definition) is 0. The minimum atomic E-state index is 0. The van der Waals surface area contributed by atoms with E-state index in [2.05, 4.69) is 67.7 Å². The number of benzene rings is 2. The fraction of sp³-hybridized carbons (Fsp3) is 0.286. The third-order valence-electron chi connectivity index (χ3n) is 4.88. The van der Waals surface area contributed by atoms with Crippen LogP contribution in [0.4, 0.5) is 0 Å². The number of rotatable bonds is 3. The molecule has 3 nitrogen and oxygen atoms in total. The van der Waals surface area contributed by atoms with Crippen molar-refractivity contribution in [3.05, 3.63) is 65.0 Å². The summed E-state index contributed by atoms with van der Waals surface area (Å²) >= 11 is 3.54. The number of aromatic nitrogens is 2. The summed E-state index contributed by atoms with van der Waals surface area (Å²) < 4.78 is 11.3. The van der Waals surface area contributed by atoms with E-state index in [1.54, 1.807) is 7.11 Å². The Bertz CT molecular complexity index is 870. The van der Waals surface area contributed by atoms with E-state index in [4.69, 9.17) is 4.74 Å². The minimum Gasteiger partial charge on any atom is -1.00 e. The number of nitrogens with zero attached hydrogens (tertiary/aromatic N) is 2. The van der Waals surface area contributed by atoms with Crippen molar-refractivity contribution in [2.75, 3.05) is 7.11 Å². The summed E-state index contributed by atoms with van der Waals surface area (Å²) in [7, 11) is 1.71. The van der Waals surface area contributed by atoms with E-state index in [0.29, 0.717) is 0 Å². The Balaban J connectivity index is 0.00000196. The molecule has 0 atom stereocenters. The SMILES string of the molecule is COc1ccc(-n2c(-c3ccc(Br)cc3)c[n+]3c2CCCCC3)cc1.[Br-]. The smallest absolute Gasteiger partial charge is 0.262 e. The van der Waals surface area contributed by atoms with E-state index in [1.807, 2.05) is 12.1 Å². The van der Waals surface area contributed by atoms with Crippen LogP contribution < -0.4 is 26.3 Å². The second-order valence-corrected chi connectivity index (χ2v) is 7.39. The van der Waals surface area contributed by atoms with Gasteiger partial charge < -0.3 is 21.7 Å². The lowest BCUT2D eigenvalue weighted by Crippen LogP contribution is -3.00. The van der Waals surface area contributed by atoms with Crippen LogP contribution in [-0.2, 0) is 13.0 Å². The Kier molecular flexibility index (Phi) is 6.20. The molecule has 136 valence electrons. The summed E-state index contributed by atoms with van der Waals surface area (Å²) in [5, 5.41) is 0. The molecule has 4 rings (SSSR count). The van der Waals surface area contributed by atoms with E-state index in [9.17, 15) is 0 Å². The molecular formula is C21H22Br2N2O. The Morgan fingerprint density at radius 3 is 2.38 bits per heavy atom. The standard InChI is InChI=1S/C21H22BrN2O.BrH/c1-25-19-12-10-18(11-13-19)24-20(16-6-8-17(22)9-7-16)15-23-14-4-2-3-5-21(23)24;/h6-13,15H,2-5,14H2,1H3;1H/q+1;/p-1. The number of hydrogen-bond acceptors (Lipinski definition) is 1. The highest BCUT2D eigenvalue weighted by Gasteiger charge is 2.27. The van der Waals surface area contributed by atoms with Gasteiger partial charge in [-0.2, -0.15) is 4.57 Å². The van der Waals surface area contributed by atoms with Gasteiger partial charge in [-0.25, -0.2) is 4.57 Å². The molecule has 0 saturated carbocycles. The van der Waals surface area contributed by atoms with Gasteiger partial charge in [-0.1, -0.05) is 15.9 Å². The first-order chi connectivity index (χ1) is 12.3. The van der Waals surface area contributed by atoms with Gasteiger partial charge in [-0.05, 0) is 67.8 Å². The third-order valence-corrected chi connectivity index (χ3v) is 5.41. The molecule has 1 aromatic heterocycles. The van der Waals surface area contributed by atoms with Crippen molar-refractivity contribution in [1.82, 2.24) is 4.57 Å². The maximum Gasteiger partial charge on any atom is 0.262 e. The second kappa shape index (κ2) is 8.40. The fourth-order valence-electron chi connectivity index (χ4n) is 3.58. The molecule has 1 aliphatic rings. The zero-order valence-corrected chi connectivity index (χ0v) is 18.0. The van der Waals surface area contributed by atoms with E-state index < -0.39 is 0 Å². The van der Waals surface area contributed by atoms with Gasteiger partial charge in [0.25, 0.3) is 5.82 Å². The van der Waals surface area contributed by atoms with E-state index >= 15 is 0 Å². The lowest BCUT2D eigenvalue weighted by molar-refractivity contribution is -0.702. The van der Waals surface area contributed by atoms with Gasteiger partial charge in [0.15, 0.2) is 5.69 Å². The van der Waals surface area contributed by atoms with Crippen LogP contribution in [0.1, 0.15) is 25.1 Å². The zero-order chi connectivity index (χ0) is 17.2. The highest BCUT2D eigenvalue weighted by Crippen LogP contribution is 2.28. The molecule has 0 saturated heterocycles. The average molecular weight is 478 g/mol. The van der Waals surface area contributed by atoms with Crippen molar-refractivity contribution in [2.45, 2.75) is 32.2 Å². The van der Waals surface area contributed by atoms with Crippen molar-refractivity contribution in [3.8, 4) is 22.7 Å². The van der Waals surface area contributed by atoms with Gasteiger partial charge in [-0.3, -0.25) is 0 Å². The number of halogens is 2. The van der Waals surface area contributed by atoms with Crippen LogP contribution in [0.5, 0.6) is 5.75 Å². The summed E-state index contributed by atoms with van der Waals surface area (Å²) in [5.41, 5.74) is 3.67. The lowest BCUT2D eigenvalue weighted by atomic mass is 10.1. The largest absolute Gasteiger partial charge is 1.00 e. The van der Waals surface area contributed by atoms with Crippen LogP contribution in [0.15, 0.2) is 59.2 Å². The summed E-state index contributed by atoms with van der Waals surface area (Å²) in [4.78, 5) is 0. The van der Waals surface area contributed by atoms with Crippen LogP contribution in [0.3, 0.4) is 0 Å². The number of methoxy groups -OCH3 is 1. The van der Waals surface area contributed by atoms with Crippen molar-refractivity contribution < 1.29 is 26.3 Å². The number of aryl methyl sites for hydroxylation is 1. The van der Waals surface area contributed by atoms with Crippen LogP contribution in [0, 0.1) is 0 Å². The van der Waals surface area contributed by atoms with E-state index in [0.717, 1.165) is 23.2 Å². The lowest BCUT2D eigenvalue weighted by Gasteiger charge is -2.07. The summed E-state index contributed by atoms with van der Waals surface area (Å²) in [6.45, 7) is 1.10. The minimum absolute atomic E-state index is 0. The molecule has 3 aromatic rings. The molecule has 2 aromatic carbocycles. The topological polar surface area (TPSA) is 18.0 Å². The Hall–Kier alpha value is -1.59. The summed E-state index contributed by atoms with van der Waals surface area (Å²) in [5.74, 6) is 2.28. The predicted molar refractivity (Wildman–Crippen MR) is 103 cm³/mol. The Morgan fingerprint density at radius 2 is 1.69 bits per heavy atom. The van der Waals surface area contributed by atoms with Gasteiger partial charge in [0.1, 0.15) is 17.6 Å². The molecular weight excluding hydrogens is 456 g/mol. The Labute approximate surface area is 173 Å². The van der Waals surface area contributed by atoms with Crippen LogP contribution in [0.25, 0.3) is 16.9 Å². The van der Waals surface area contributed by atoms with E-state index in [1.165, 1.54) is 42.0 Å². The quantitative estimate of drug-likeness (QED) is 0.527. The van der Waals surface area contributed by atoms with Crippen molar-refractivity contribution in [3.63, 3.8) is 0 Å². The summed E-state index contributed by atoms with van der Waals surface area (Å²) in [6.07, 6.45) is 7.23. The zero-order valence-electron chi connectivity index (χ0n) is 14.8. The van der Waals surface area contributed by atoms with Crippen molar-refractivity contribution >= 4 is 15.9 Å². The first-order valence-electron chi connectivity index (χ1n) is 8.81. The number of imidazole rings is 1. The molecule has 1 aliphatic heterocycles. The fourth-order valence-corrected chi connectivity index (χ4v) is 3.85. The molecule has 0 aliphatic carbocycles. The molecule has 0 fully saturated rings. The molecule has 5 heteroatoms. The monoisotopic (exact) mass is 476 g/mol. The molecule has 0 N–H and O–H groups in total. The molecule has 0 bridgehead atoms. The first kappa shape index (κ1) is 19.2. The normalized spacial score (nSPS) is 13.5. The molecule has 0 unspecified atom stereocenters. The van der Waals surface area contributed by atoms with Crippen molar-refractivity contribution in [1.29, 1.82) is 0 Å². The van der Waals surface area contributed by atoms with Crippen LogP contribution in [0.2, 0.25) is 0 Å². The highest BCUT2D eigenvalue weighted by molar-refractivity contribution is 9.10. The van der Waals surface area contributed by atoms with Gasteiger partial charge in [0.05, 0.1) is 13.7 Å².